The van der Waals surface area contributed by atoms with Gasteiger partial charge in [-0.25, -0.2) is 0 Å². The van der Waals surface area contributed by atoms with E-state index in [2.05, 4.69) is 23.6 Å². The number of benzene rings is 3. The van der Waals surface area contributed by atoms with E-state index in [4.69, 9.17) is 23.2 Å². The van der Waals surface area contributed by atoms with Crippen LogP contribution in [0.4, 0.5) is 11.4 Å². The molecule has 0 saturated heterocycles. The summed E-state index contributed by atoms with van der Waals surface area (Å²) >= 11 is 12.0. The molecule has 1 atom stereocenters. The van der Waals surface area contributed by atoms with Crippen LogP contribution in [-0.4, -0.2) is 24.9 Å². The third kappa shape index (κ3) is 5.44. The Morgan fingerprint density at radius 3 is 2.53 bits per heavy atom. The predicted molar refractivity (Wildman–Crippen MR) is 139 cm³/mol. The average Bonchev–Trinajstić information content (AvgIpc) is 3.02. The van der Waals surface area contributed by atoms with Crippen molar-refractivity contribution in [2.75, 3.05) is 23.3 Å². The van der Waals surface area contributed by atoms with E-state index in [1.807, 2.05) is 23.1 Å². The van der Waals surface area contributed by atoms with E-state index in [0.29, 0.717) is 28.4 Å². The van der Waals surface area contributed by atoms with Gasteiger partial charge in [-0.1, -0.05) is 48.3 Å². The zero-order chi connectivity index (χ0) is 24.1. The molecule has 0 bridgehead atoms. The van der Waals surface area contributed by atoms with Crippen LogP contribution in [-0.2, 0) is 0 Å². The Hall–Kier alpha value is -2.86. The molecular weight excluding hydrogens is 469 g/mol. The van der Waals surface area contributed by atoms with E-state index in [1.165, 1.54) is 6.07 Å². The van der Waals surface area contributed by atoms with Crippen molar-refractivity contribution in [3.63, 3.8) is 0 Å². The van der Waals surface area contributed by atoms with Crippen molar-refractivity contribution in [1.29, 1.82) is 0 Å². The minimum atomic E-state index is -0.340. The number of para-hydroxylation sites is 1. The third-order valence-corrected chi connectivity index (χ3v) is 6.48. The van der Waals surface area contributed by atoms with Crippen LogP contribution in [0, 0.1) is 0 Å². The topological polar surface area (TPSA) is 61.4 Å². The molecule has 0 aromatic heterocycles. The van der Waals surface area contributed by atoms with E-state index in [0.717, 1.165) is 37.1 Å². The molecule has 7 heteroatoms. The maximum Gasteiger partial charge on any atom is 0.258 e. The third-order valence-electron chi connectivity index (χ3n) is 5.93. The van der Waals surface area contributed by atoms with Gasteiger partial charge in [0, 0.05) is 34.5 Å². The summed E-state index contributed by atoms with van der Waals surface area (Å²) in [6.45, 7) is 3.76. The molecule has 0 saturated carbocycles. The maximum atomic E-state index is 13.5. The van der Waals surface area contributed by atoms with Crippen molar-refractivity contribution in [2.45, 2.75) is 32.2 Å². The number of hydrogen-bond donors (Lipinski definition) is 2. The van der Waals surface area contributed by atoms with Crippen LogP contribution in [0.2, 0.25) is 10.0 Å². The molecule has 5 nitrogen and oxygen atoms in total. The Morgan fingerprint density at radius 2 is 1.79 bits per heavy atom. The van der Waals surface area contributed by atoms with Gasteiger partial charge in [0.05, 0.1) is 10.6 Å². The summed E-state index contributed by atoms with van der Waals surface area (Å²) in [5, 5.41) is 7.18. The minimum absolute atomic E-state index is 0.0535. The first kappa shape index (κ1) is 24.3. The smallest absolute Gasteiger partial charge is 0.258 e. The molecule has 0 aliphatic carbocycles. The number of amides is 2. The molecule has 176 valence electrons. The Balaban J connectivity index is 1.51. The molecule has 1 aliphatic heterocycles. The van der Waals surface area contributed by atoms with Crippen molar-refractivity contribution in [3.8, 4) is 0 Å². The standard InChI is InChI=1S/C27H27Cl2N3O2/c1-2-15-30-24-7-5-16-32(25-8-4-3-6-22(24)25)27(34)18-9-12-20(13-10-18)31-26(33)21-14-11-19(28)17-23(21)29/h3-4,6,8-14,17,24,30H,2,5,7,15-16H2,1H3,(H,31,33). The van der Waals surface area contributed by atoms with Crippen molar-refractivity contribution < 1.29 is 9.59 Å². The van der Waals surface area contributed by atoms with E-state index < -0.39 is 0 Å². The quantitative estimate of drug-likeness (QED) is 0.398. The van der Waals surface area contributed by atoms with Gasteiger partial charge in [0.25, 0.3) is 11.8 Å². The highest BCUT2D eigenvalue weighted by Crippen LogP contribution is 2.34. The lowest BCUT2D eigenvalue weighted by molar-refractivity contribution is 0.0985. The van der Waals surface area contributed by atoms with Crippen LogP contribution in [0.1, 0.15) is 58.5 Å². The van der Waals surface area contributed by atoms with Crippen molar-refractivity contribution in [1.82, 2.24) is 5.32 Å². The summed E-state index contributed by atoms with van der Waals surface area (Å²) in [5.74, 6) is -0.393. The Kier molecular flexibility index (Phi) is 7.88. The molecule has 0 fully saturated rings. The minimum Gasteiger partial charge on any atom is -0.322 e. The second kappa shape index (κ2) is 11.0. The van der Waals surface area contributed by atoms with Gasteiger partial charge < -0.3 is 15.5 Å². The van der Waals surface area contributed by atoms with Crippen LogP contribution in [0.5, 0.6) is 0 Å². The SMILES string of the molecule is CCCNC1CCCN(C(=O)c2ccc(NC(=O)c3ccc(Cl)cc3Cl)cc2)c2ccccc21. The van der Waals surface area contributed by atoms with Crippen LogP contribution >= 0.6 is 23.2 Å². The molecule has 2 amide bonds. The highest BCUT2D eigenvalue weighted by Gasteiger charge is 2.26. The predicted octanol–water partition coefficient (Wildman–Crippen LogP) is 6.73. The number of nitrogens with one attached hydrogen (secondary N) is 2. The maximum absolute atomic E-state index is 13.5. The summed E-state index contributed by atoms with van der Waals surface area (Å²) in [6, 6.07) is 20.0. The Bertz CT molecular complexity index is 1180. The summed E-state index contributed by atoms with van der Waals surface area (Å²) < 4.78 is 0. The van der Waals surface area contributed by atoms with Gasteiger partial charge in [-0.05, 0) is 79.9 Å². The fourth-order valence-electron chi connectivity index (χ4n) is 4.22. The molecule has 1 heterocycles. The summed E-state index contributed by atoms with van der Waals surface area (Å²) in [6.07, 6.45) is 2.96. The van der Waals surface area contributed by atoms with Crippen molar-refractivity contribution in [2.24, 2.45) is 0 Å². The molecule has 34 heavy (non-hydrogen) atoms. The molecule has 2 N–H and O–H groups in total. The van der Waals surface area contributed by atoms with E-state index in [9.17, 15) is 9.59 Å². The number of nitrogens with zero attached hydrogens (tertiary/aromatic N) is 1. The van der Waals surface area contributed by atoms with Gasteiger partial charge in [0.1, 0.15) is 0 Å². The second-order valence-corrected chi connectivity index (χ2v) is 9.16. The molecule has 0 spiro atoms. The lowest BCUT2D eigenvalue weighted by Crippen LogP contribution is -2.31. The van der Waals surface area contributed by atoms with E-state index in [1.54, 1.807) is 36.4 Å². The first-order valence-corrected chi connectivity index (χ1v) is 12.2. The van der Waals surface area contributed by atoms with Crippen LogP contribution in [0.15, 0.2) is 66.7 Å². The zero-order valence-corrected chi connectivity index (χ0v) is 20.5. The molecule has 3 aromatic rings. The van der Waals surface area contributed by atoms with Crippen molar-refractivity contribution >= 4 is 46.4 Å². The summed E-state index contributed by atoms with van der Waals surface area (Å²) in [4.78, 5) is 27.9. The van der Waals surface area contributed by atoms with Gasteiger partial charge in [0.2, 0.25) is 0 Å². The lowest BCUT2D eigenvalue weighted by Gasteiger charge is -2.24. The highest BCUT2D eigenvalue weighted by molar-refractivity contribution is 6.37. The molecular formula is C27H27Cl2N3O2. The van der Waals surface area contributed by atoms with Gasteiger partial charge >= 0.3 is 0 Å². The van der Waals surface area contributed by atoms with Gasteiger partial charge in [-0.3, -0.25) is 9.59 Å². The molecule has 1 unspecified atom stereocenters. The van der Waals surface area contributed by atoms with Crippen LogP contribution < -0.4 is 15.5 Å². The first-order chi connectivity index (χ1) is 16.5. The first-order valence-electron chi connectivity index (χ1n) is 11.5. The number of halogens is 2. The average molecular weight is 496 g/mol. The Labute approximate surface area is 210 Å². The zero-order valence-electron chi connectivity index (χ0n) is 19.0. The van der Waals surface area contributed by atoms with Gasteiger partial charge in [-0.15, -0.1) is 0 Å². The van der Waals surface area contributed by atoms with Gasteiger partial charge in [0.15, 0.2) is 0 Å². The molecule has 3 aromatic carbocycles. The Morgan fingerprint density at radius 1 is 1.03 bits per heavy atom. The molecule has 4 rings (SSSR count). The van der Waals surface area contributed by atoms with Crippen LogP contribution in [0.3, 0.4) is 0 Å². The second-order valence-electron chi connectivity index (χ2n) is 8.32. The number of hydrogen-bond acceptors (Lipinski definition) is 3. The fraction of sp³-hybridized carbons (Fsp3) is 0.259. The largest absolute Gasteiger partial charge is 0.322 e. The number of rotatable bonds is 6. The number of carbonyl (C=O) groups is 2. The number of fused-ring (bicyclic) bond motifs is 1. The van der Waals surface area contributed by atoms with Gasteiger partial charge in [-0.2, -0.15) is 0 Å². The normalized spacial score (nSPS) is 15.4. The highest BCUT2D eigenvalue weighted by atomic mass is 35.5. The summed E-state index contributed by atoms with van der Waals surface area (Å²) in [7, 11) is 0. The number of anilines is 2. The van der Waals surface area contributed by atoms with E-state index in [-0.39, 0.29) is 22.9 Å². The molecule has 0 radical (unpaired) electrons. The van der Waals surface area contributed by atoms with Crippen LogP contribution in [0.25, 0.3) is 0 Å². The molecule has 1 aliphatic rings. The lowest BCUT2D eigenvalue weighted by atomic mass is 10.0. The monoisotopic (exact) mass is 495 g/mol. The number of carbonyl (C=O) groups excluding carboxylic acids is 2. The summed E-state index contributed by atoms with van der Waals surface area (Å²) in [5.41, 5.74) is 3.59. The van der Waals surface area contributed by atoms with E-state index >= 15 is 0 Å². The van der Waals surface area contributed by atoms with Crippen molar-refractivity contribution in [3.05, 3.63) is 93.5 Å². The fourth-order valence-corrected chi connectivity index (χ4v) is 4.72.